The van der Waals surface area contributed by atoms with Crippen LogP contribution in [0.15, 0.2) is 106 Å². The standard InChI is InChI=1S/C36H40N2O11S/c1-25-14-16-30(17-15-25)50(43,44)48-24-35(23-45-21-28-10-6-4-7-11-28)36(18-19-46-27(3)39,47-22-29-12-8-5-9-13-29)31(40)33(49-35)38-20-26(2)32(41)37-34(38)42/h4-17,20,31,33,40H,18-19,21-24H2,1-3H3,(H,37,41,42). The Morgan fingerprint density at radius 1 is 0.920 bits per heavy atom. The maximum Gasteiger partial charge on any atom is 0.330 e. The van der Waals surface area contributed by atoms with Crippen LogP contribution in [0.25, 0.3) is 0 Å². The fourth-order valence-electron chi connectivity index (χ4n) is 5.88. The number of ether oxygens (including phenoxy) is 4. The first kappa shape index (κ1) is 36.8. The van der Waals surface area contributed by atoms with Crippen molar-refractivity contribution >= 4 is 16.1 Å². The van der Waals surface area contributed by atoms with Crippen molar-refractivity contribution in [2.45, 2.75) is 68.8 Å². The van der Waals surface area contributed by atoms with Gasteiger partial charge in [-0.15, -0.1) is 0 Å². The zero-order chi connectivity index (χ0) is 35.9. The zero-order valence-corrected chi connectivity index (χ0v) is 28.8. The summed E-state index contributed by atoms with van der Waals surface area (Å²) in [6.45, 7) is 2.99. The summed E-state index contributed by atoms with van der Waals surface area (Å²) in [6.07, 6.45) is -2.28. The molecular formula is C36H40N2O11S. The summed E-state index contributed by atoms with van der Waals surface area (Å²) in [5.74, 6) is -0.607. The molecule has 1 aliphatic heterocycles. The van der Waals surface area contributed by atoms with Crippen molar-refractivity contribution < 1.29 is 41.4 Å². The van der Waals surface area contributed by atoms with E-state index in [1.165, 1.54) is 32.2 Å². The van der Waals surface area contributed by atoms with Crippen LogP contribution in [0.5, 0.6) is 0 Å². The summed E-state index contributed by atoms with van der Waals surface area (Å²) in [6, 6.07) is 24.2. The van der Waals surface area contributed by atoms with Gasteiger partial charge in [-0.05, 0) is 37.1 Å². The van der Waals surface area contributed by atoms with E-state index in [-0.39, 0.29) is 36.7 Å². The second-order valence-electron chi connectivity index (χ2n) is 12.2. The third-order valence-electron chi connectivity index (χ3n) is 8.61. The Morgan fingerprint density at radius 2 is 1.54 bits per heavy atom. The molecule has 0 bridgehead atoms. The van der Waals surface area contributed by atoms with Gasteiger partial charge in [-0.2, -0.15) is 8.42 Å². The van der Waals surface area contributed by atoms with Gasteiger partial charge >= 0.3 is 11.7 Å². The summed E-state index contributed by atoms with van der Waals surface area (Å²) >= 11 is 0. The highest BCUT2D eigenvalue weighted by Gasteiger charge is 2.68. The van der Waals surface area contributed by atoms with Crippen LogP contribution in [0.1, 0.15) is 41.8 Å². The van der Waals surface area contributed by atoms with E-state index in [0.717, 1.165) is 15.7 Å². The van der Waals surface area contributed by atoms with Crippen LogP contribution >= 0.6 is 0 Å². The van der Waals surface area contributed by atoms with Crippen LogP contribution in [-0.2, 0) is 51.3 Å². The molecule has 2 heterocycles. The molecule has 50 heavy (non-hydrogen) atoms. The maximum absolute atomic E-state index is 13.6. The molecule has 0 radical (unpaired) electrons. The minimum absolute atomic E-state index is 0.0495. The van der Waals surface area contributed by atoms with Gasteiger partial charge in [0, 0.05) is 25.1 Å². The van der Waals surface area contributed by atoms with E-state index in [4.69, 9.17) is 23.1 Å². The number of esters is 1. The Labute approximate surface area is 289 Å². The van der Waals surface area contributed by atoms with Crippen LogP contribution < -0.4 is 11.2 Å². The van der Waals surface area contributed by atoms with Crippen molar-refractivity contribution in [1.29, 1.82) is 0 Å². The number of carbonyl (C=O) groups is 1. The number of nitrogens with one attached hydrogen (secondary N) is 1. The Balaban J connectivity index is 1.65. The number of aryl methyl sites for hydroxylation is 2. The number of hydrogen-bond donors (Lipinski definition) is 2. The number of aliphatic hydroxyl groups is 1. The molecule has 1 saturated heterocycles. The molecule has 266 valence electrons. The van der Waals surface area contributed by atoms with Gasteiger partial charge in [0.05, 0.1) is 31.3 Å². The minimum atomic E-state index is -4.43. The largest absolute Gasteiger partial charge is 0.466 e. The molecule has 4 aromatic rings. The fraction of sp³-hybridized carbons (Fsp3) is 0.361. The van der Waals surface area contributed by atoms with Crippen molar-refractivity contribution in [1.82, 2.24) is 9.55 Å². The topological polar surface area (TPSA) is 172 Å². The lowest BCUT2D eigenvalue weighted by atomic mass is 9.78. The van der Waals surface area contributed by atoms with Crippen molar-refractivity contribution in [3.05, 3.63) is 134 Å². The molecular weight excluding hydrogens is 668 g/mol. The van der Waals surface area contributed by atoms with Gasteiger partial charge in [-0.25, -0.2) is 4.79 Å². The smallest absolute Gasteiger partial charge is 0.330 e. The van der Waals surface area contributed by atoms with E-state index in [1.54, 1.807) is 36.4 Å². The quantitative estimate of drug-likeness (QED) is 0.137. The third kappa shape index (κ3) is 8.12. The van der Waals surface area contributed by atoms with Crippen molar-refractivity contribution in [2.75, 3.05) is 19.8 Å². The molecule has 0 aliphatic carbocycles. The van der Waals surface area contributed by atoms with Gasteiger partial charge < -0.3 is 24.1 Å². The van der Waals surface area contributed by atoms with Crippen molar-refractivity contribution in [2.24, 2.45) is 0 Å². The van der Waals surface area contributed by atoms with Gasteiger partial charge in [-0.3, -0.25) is 23.3 Å². The van der Waals surface area contributed by atoms with Gasteiger partial charge in [0.25, 0.3) is 15.7 Å². The maximum atomic E-state index is 13.6. The second kappa shape index (κ2) is 15.6. The van der Waals surface area contributed by atoms with Crippen LogP contribution in [0.2, 0.25) is 0 Å². The predicted octanol–water partition coefficient (Wildman–Crippen LogP) is 3.31. The number of carbonyl (C=O) groups excluding carboxylic acids is 1. The van der Waals surface area contributed by atoms with Crippen LogP contribution in [-0.4, -0.2) is 66.2 Å². The lowest BCUT2D eigenvalue weighted by molar-refractivity contribution is -0.224. The average Bonchev–Trinajstić information content (AvgIpc) is 3.32. The molecule has 14 heteroatoms. The van der Waals surface area contributed by atoms with E-state index < -0.39 is 64.1 Å². The minimum Gasteiger partial charge on any atom is -0.466 e. The molecule has 1 fully saturated rings. The summed E-state index contributed by atoms with van der Waals surface area (Å²) in [4.78, 5) is 39.5. The summed E-state index contributed by atoms with van der Waals surface area (Å²) in [7, 11) is -4.43. The van der Waals surface area contributed by atoms with E-state index in [2.05, 4.69) is 4.98 Å². The summed E-state index contributed by atoms with van der Waals surface area (Å²) in [5.41, 5.74) is -2.98. The van der Waals surface area contributed by atoms with E-state index in [9.17, 15) is 27.9 Å². The predicted molar refractivity (Wildman–Crippen MR) is 181 cm³/mol. The number of benzene rings is 3. The number of aromatic nitrogens is 2. The number of aromatic amines is 1. The molecule has 4 unspecified atom stereocenters. The third-order valence-corrected chi connectivity index (χ3v) is 9.88. The van der Waals surface area contributed by atoms with Crippen LogP contribution in [0, 0.1) is 13.8 Å². The van der Waals surface area contributed by atoms with Crippen molar-refractivity contribution in [3.63, 3.8) is 0 Å². The zero-order valence-electron chi connectivity index (χ0n) is 27.9. The SMILES string of the molecule is CC(=O)OCCC1(OCc2ccccc2)C(O)C(n2cc(C)c(=O)[nH]c2=O)OC1(COCc1ccccc1)COS(=O)(=O)c1ccc(C)cc1. The highest BCUT2D eigenvalue weighted by Crippen LogP contribution is 2.50. The number of aliphatic hydroxyl groups excluding tert-OH is 1. The molecule has 2 N–H and O–H groups in total. The molecule has 4 atom stereocenters. The van der Waals surface area contributed by atoms with Crippen LogP contribution in [0.3, 0.4) is 0 Å². The van der Waals surface area contributed by atoms with E-state index >= 15 is 0 Å². The number of hydrogen-bond acceptors (Lipinski definition) is 11. The second-order valence-corrected chi connectivity index (χ2v) is 13.8. The molecule has 1 aromatic heterocycles. The Morgan fingerprint density at radius 3 is 2.16 bits per heavy atom. The van der Waals surface area contributed by atoms with E-state index in [0.29, 0.717) is 5.56 Å². The summed E-state index contributed by atoms with van der Waals surface area (Å²) < 4.78 is 58.6. The van der Waals surface area contributed by atoms with Gasteiger partial charge in [0.2, 0.25) is 0 Å². The number of nitrogens with zero attached hydrogens (tertiary/aromatic N) is 1. The first-order chi connectivity index (χ1) is 23.9. The van der Waals surface area contributed by atoms with Gasteiger partial charge in [0.1, 0.15) is 18.3 Å². The molecule has 0 amide bonds. The van der Waals surface area contributed by atoms with Crippen molar-refractivity contribution in [3.8, 4) is 0 Å². The molecule has 1 aliphatic rings. The lowest BCUT2D eigenvalue weighted by Crippen LogP contribution is -2.63. The summed E-state index contributed by atoms with van der Waals surface area (Å²) in [5, 5.41) is 12.3. The lowest BCUT2D eigenvalue weighted by Gasteiger charge is -2.44. The molecule has 3 aromatic carbocycles. The molecule has 0 spiro atoms. The molecule has 5 rings (SSSR count). The van der Waals surface area contributed by atoms with E-state index in [1.807, 2.05) is 43.3 Å². The van der Waals surface area contributed by atoms with Crippen LogP contribution in [0.4, 0.5) is 0 Å². The monoisotopic (exact) mass is 708 g/mol. The highest BCUT2D eigenvalue weighted by atomic mass is 32.2. The van der Waals surface area contributed by atoms with Gasteiger partial charge in [0.15, 0.2) is 11.8 Å². The Bertz CT molecular complexity index is 1980. The average molecular weight is 709 g/mol. The number of rotatable bonds is 15. The molecule has 13 nitrogen and oxygen atoms in total. The fourth-order valence-corrected chi connectivity index (χ4v) is 6.84. The molecule has 0 saturated carbocycles. The highest BCUT2D eigenvalue weighted by molar-refractivity contribution is 7.86. The number of H-pyrrole nitrogens is 1. The Hall–Kier alpha value is -4.44. The van der Waals surface area contributed by atoms with Gasteiger partial charge in [-0.1, -0.05) is 78.4 Å². The first-order valence-electron chi connectivity index (χ1n) is 15.9. The Kier molecular flexibility index (Phi) is 11.5. The normalized spacial score (nSPS) is 22.0. The first-order valence-corrected chi connectivity index (χ1v) is 17.3.